The fourth-order valence-electron chi connectivity index (χ4n) is 3.75. The minimum Gasteiger partial charge on any atom is -0.355 e. The first kappa shape index (κ1) is 19.8. The van der Waals surface area contributed by atoms with Crippen LogP contribution in [0, 0.1) is 19.8 Å². The number of piperidine rings is 1. The van der Waals surface area contributed by atoms with Crippen LogP contribution < -0.4 is 5.32 Å². The predicted molar refractivity (Wildman–Crippen MR) is 105 cm³/mol. The van der Waals surface area contributed by atoms with Crippen LogP contribution in [-0.4, -0.2) is 45.6 Å². The summed E-state index contributed by atoms with van der Waals surface area (Å²) in [7, 11) is 0. The number of carbonyl (C=O) groups excluding carboxylic acids is 3. The largest absolute Gasteiger partial charge is 0.355 e. The van der Waals surface area contributed by atoms with Gasteiger partial charge in [-0.05, 0) is 44.4 Å². The van der Waals surface area contributed by atoms with Gasteiger partial charge in [0, 0.05) is 37.8 Å². The van der Waals surface area contributed by atoms with Crippen molar-refractivity contribution < 1.29 is 14.4 Å². The number of ketones is 1. The molecule has 1 aliphatic rings. The van der Waals surface area contributed by atoms with E-state index in [2.05, 4.69) is 15.3 Å². The maximum absolute atomic E-state index is 13.0. The zero-order valence-corrected chi connectivity index (χ0v) is 16.5. The maximum Gasteiger partial charge on any atom is 0.255 e. The molecule has 2 amide bonds. The Morgan fingerprint density at radius 2 is 1.93 bits per heavy atom. The topological polar surface area (TPSA) is 95.2 Å². The van der Waals surface area contributed by atoms with Gasteiger partial charge in [-0.2, -0.15) is 0 Å². The van der Waals surface area contributed by atoms with Crippen molar-refractivity contribution >= 4 is 17.6 Å². The molecule has 0 atom stereocenters. The lowest BCUT2D eigenvalue weighted by Crippen LogP contribution is -2.43. The summed E-state index contributed by atoms with van der Waals surface area (Å²) >= 11 is 0. The van der Waals surface area contributed by atoms with Crippen molar-refractivity contribution in [3.8, 4) is 0 Å². The van der Waals surface area contributed by atoms with E-state index in [1.165, 1.54) is 6.92 Å². The molecule has 3 heterocycles. The summed E-state index contributed by atoms with van der Waals surface area (Å²) in [6.07, 6.45) is 2.96. The first-order valence-corrected chi connectivity index (χ1v) is 9.55. The molecule has 7 nitrogen and oxygen atoms in total. The van der Waals surface area contributed by atoms with Gasteiger partial charge in [0.1, 0.15) is 0 Å². The average molecular weight is 382 g/mol. The summed E-state index contributed by atoms with van der Waals surface area (Å²) in [5.41, 5.74) is 3.30. The van der Waals surface area contributed by atoms with E-state index in [0.717, 1.165) is 5.69 Å². The van der Waals surface area contributed by atoms with Crippen molar-refractivity contribution in [2.75, 3.05) is 13.1 Å². The van der Waals surface area contributed by atoms with Crippen molar-refractivity contribution in [3.05, 3.63) is 52.6 Å². The Kier molecular flexibility index (Phi) is 5.92. The number of Topliss-reactive ketones (excluding diaryl/α,β-unsaturated/α-hetero) is 1. The highest BCUT2D eigenvalue weighted by atomic mass is 16.2. The number of likely N-dealkylation sites (tertiary alicyclic amines) is 1. The van der Waals surface area contributed by atoms with Crippen LogP contribution >= 0.6 is 0 Å². The molecular formula is C21H26N4O3. The van der Waals surface area contributed by atoms with Gasteiger partial charge >= 0.3 is 0 Å². The van der Waals surface area contributed by atoms with E-state index in [1.54, 1.807) is 18.0 Å². The third-order valence-electron chi connectivity index (χ3n) is 5.33. The molecule has 0 saturated carbocycles. The number of aryl methyl sites for hydroxylation is 1. The van der Waals surface area contributed by atoms with E-state index in [1.807, 2.05) is 25.1 Å². The number of H-pyrrole nitrogens is 1. The van der Waals surface area contributed by atoms with Gasteiger partial charge in [-0.3, -0.25) is 19.4 Å². The summed E-state index contributed by atoms with van der Waals surface area (Å²) in [5.74, 6) is -0.256. The number of nitrogens with one attached hydrogen (secondary N) is 2. The molecule has 2 aromatic heterocycles. The zero-order valence-electron chi connectivity index (χ0n) is 16.5. The van der Waals surface area contributed by atoms with Crippen LogP contribution in [-0.2, 0) is 11.3 Å². The molecule has 28 heavy (non-hydrogen) atoms. The van der Waals surface area contributed by atoms with Crippen molar-refractivity contribution in [1.29, 1.82) is 0 Å². The minimum atomic E-state index is -0.103. The Morgan fingerprint density at radius 3 is 2.50 bits per heavy atom. The number of carbonyl (C=O) groups is 3. The molecule has 1 fully saturated rings. The lowest BCUT2D eigenvalue weighted by molar-refractivity contribution is -0.126. The normalized spacial score (nSPS) is 14.8. The van der Waals surface area contributed by atoms with E-state index in [-0.39, 0.29) is 23.5 Å². The monoisotopic (exact) mass is 382 g/mol. The highest BCUT2D eigenvalue weighted by Gasteiger charge is 2.30. The van der Waals surface area contributed by atoms with E-state index in [9.17, 15) is 14.4 Å². The Labute approximate surface area is 164 Å². The van der Waals surface area contributed by atoms with Gasteiger partial charge in [-0.25, -0.2) is 0 Å². The van der Waals surface area contributed by atoms with E-state index < -0.39 is 0 Å². The highest BCUT2D eigenvalue weighted by Crippen LogP contribution is 2.24. The molecule has 1 aliphatic heterocycles. The Hall–Kier alpha value is -2.96. The number of aromatic nitrogens is 2. The predicted octanol–water partition coefficient (Wildman–Crippen LogP) is 2.40. The van der Waals surface area contributed by atoms with Crippen molar-refractivity contribution in [2.24, 2.45) is 5.92 Å². The van der Waals surface area contributed by atoms with Gasteiger partial charge < -0.3 is 15.2 Å². The molecule has 2 aromatic rings. The van der Waals surface area contributed by atoms with Crippen LogP contribution in [0.5, 0.6) is 0 Å². The lowest BCUT2D eigenvalue weighted by atomic mass is 9.95. The van der Waals surface area contributed by atoms with Crippen LogP contribution in [0.2, 0.25) is 0 Å². The average Bonchev–Trinajstić information content (AvgIpc) is 3.01. The number of amides is 2. The SMILES string of the molecule is CC(=O)c1[nH]c(C)c(C(=O)N2CCC(C(=O)NCc3ccccn3)CC2)c1C. The fourth-order valence-corrected chi connectivity index (χ4v) is 3.75. The van der Waals surface area contributed by atoms with Crippen molar-refractivity contribution in [2.45, 2.75) is 40.2 Å². The molecule has 2 N–H and O–H groups in total. The van der Waals surface area contributed by atoms with E-state index in [0.29, 0.717) is 55.0 Å². The molecule has 0 spiro atoms. The second-order valence-electron chi connectivity index (χ2n) is 7.29. The number of hydrogen-bond acceptors (Lipinski definition) is 4. The first-order chi connectivity index (χ1) is 13.4. The number of nitrogens with zero attached hydrogens (tertiary/aromatic N) is 2. The first-order valence-electron chi connectivity index (χ1n) is 9.55. The standard InChI is InChI=1S/C21H26N4O3/c1-13-18(14(2)24-19(13)15(3)26)21(28)25-10-7-16(8-11-25)20(27)23-12-17-6-4-5-9-22-17/h4-6,9,16,24H,7-8,10-12H2,1-3H3,(H,23,27). The Morgan fingerprint density at radius 1 is 1.21 bits per heavy atom. The molecule has 148 valence electrons. The quantitative estimate of drug-likeness (QED) is 0.776. The number of rotatable bonds is 5. The minimum absolute atomic E-state index is 0.00521. The third-order valence-corrected chi connectivity index (χ3v) is 5.33. The van der Waals surface area contributed by atoms with Crippen LogP contribution in [0.25, 0.3) is 0 Å². The molecule has 0 radical (unpaired) electrons. The maximum atomic E-state index is 13.0. The lowest BCUT2D eigenvalue weighted by Gasteiger charge is -2.31. The summed E-state index contributed by atoms with van der Waals surface area (Å²) in [5, 5.41) is 2.93. The van der Waals surface area contributed by atoms with Crippen LogP contribution in [0.15, 0.2) is 24.4 Å². The molecular weight excluding hydrogens is 356 g/mol. The third kappa shape index (κ3) is 4.13. The Bertz CT molecular complexity index is 881. The van der Waals surface area contributed by atoms with Crippen molar-refractivity contribution in [1.82, 2.24) is 20.2 Å². The van der Waals surface area contributed by atoms with E-state index >= 15 is 0 Å². The second-order valence-corrected chi connectivity index (χ2v) is 7.29. The zero-order chi connectivity index (χ0) is 20.3. The second kappa shape index (κ2) is 8.37. The van der Waals surface area contributed by atoms with E-state index in [4.69, 9.17) is 0 Å². The molecule has 0 unspecified atom stereocenters. The van der Waals surface area contributed by atoms with Gasteiger partial charge in [-0.15, -0.1) is 0 Å². The molecule has 0 bridgehead atoms. The number of hydrogen-bond donors (Lipinski definition) is 2. The summed E-state index contributed by atoms with van der Waals surface area (Å²) < 4.78 is 0. The fraction of sp³-hybridized carbons (Fsp3) is 0.429. The van der Waals surface area contributed by atoms with Gasteiger partial charge in [0.05, 0.1) is 23.5 Å². The van der Waals surface area contributed by atoms with Crippen LogP contribution in [0.4, 0.5) is 0 Å². The van der Waals surface area contributed by atoms with Crippen LogP contribution in [0.3, 0.4) is 0 Å². The molecule has 0 aliphatic carbocycles. The van der Waals surface area contributed by atoms with Gasteiger partial charge in [0.25, 0.3) is 5.91 Å². The summed E-state index contributed by atoms with van der Waals surface area (Å²) in [6, 6.07) is 5.60. The molecule has 7 heteroatoms. The van der Waals surface area contributed by atoms with Crippen LogP contribution in [0.1, 0.15) is 57.6 Å². The number of pyridine rings is 1. The molecule has 3 rings (SSSR count). The number of aromatic amines is 1. The van der Waals surface area contributed by atoms with Gasteiger partial charge in [0.2, 0.25) is 5.91 Å². The summed E-state index contributed by atoms with van der Waals surface area (Å²) in [4.78, 5) is 46.1. The van der Waals surface area contributed by atoms with Gasteiger partial charge in [-0.1, -0.05) is 6.07 Å². The Balaban J connectivity index is 1.57. The molecule has 1 saturated heterocycles. The summed E-state index contributed by atoms with van der Waals surface area (Å²) in [6.45, 7) is 6.56. The smallest absolute Gasteiger partial charge is 0.255 e. The van der Waals surface area contributed by atoms with Crippen molar-refractivity contribution in [3.63, 3.8) is 0 Å². The highest BCUT2D eigenvalue weighted by molar-refractivity contribution is 6.02. The van der Waals surface area contributed by atoms with Gasteiger partial charge in [0.15, 0.2) is 5.78 Å². The molecule has 0 aromatic carbocycles.